The van der Waals surface area contributed by atoms with Crippen molar-refractivity contribution in [3.63, 3.8) is 0 Å². The van der Waals surface area contributed by atoms with Crippen LogP contribution in [0, 0.1) is 0 Å². The first-order valence-corrected chi connectivity index (χ1v) is 11.7. The van der Waals surface area contributed by atoms with Crippen LogP contribution >= 0.6 is 11.3 Å². The standard InChI is InChI=1S/C22H28F3N5O4S/c1-6-8-11-30-20(35-19(28-30)21(3,4)5)27-17(31)14-12-13(22(23,24)25)9-10-15(14)34-29-16(26)18(32)33-7-2/h9-10,12H,6-8,11H2,1-5H3,(H2,26,29)/b27-20-. The van der Waals surface area contributed by atoms with Crippen molar-refractivity contribution in [2.24, 2.45) is 15.9 Å². The number of halogens is 3. The number of ether oxygens (including phenoxy) is 1. The average Bonchev–Trinajstić information content (AvgIpc) is 3.18. The molecule has 0 saturated carbocycles. The summed E-state index contributed by atoms with van der Waals surface area (Å²) in [6.07, 6.45) is -3.07. The van der Waals surface area contributed by atoms with E-state index in [1.807, 2.05) is 27.7 Å². The van der Waals surface area contributed by atoms with Gasteiger partial charge in [-0.05, 0) is 31.5 Å². The number of esters is 1. The number of carbonyl (C=O) groups excluding carboxylic acids is 2. The van der Waals surface area contributed by atoms with E-state index in [1.54, 1.807) is 11.6 Å². The van der Waals surface area contributed by atoms with Crippen molar-refractivity contribution in [2.75, 3.05) is 6.61 Å². The molecule has 2 aromatic rings. The summed E-state index contributed by atoms with van der Waals surface area (Å²) in [5.41, 5.74) is 3.56. The Balaban J connectivity index is 2.57. The van der Waals surface area contributed by atoms with E-state index in [4.69, 9.17) is 10.6 Å². The molecule has 13 heteroatoms. The van der Waals surface area contributed by atoms with Crippen LogP contribution in [0.2, 0.25) is 0 Å². The highest BCUT2D eigenvalue weighted by atomic mass is 32.1. The number of nitrogens with two attached hydrogens (primary N) is 1. The molecule has 0 aliphatic rings. The SMILES string of the molecule is CCCCn1nc(C(C)(C)C)s/c1=N\C(=O)c1cc(C(F)(F)F)ccc1O/N=C(\N)C(=O)OCC. The van der Waals surface area contributed by atoms with Gasteiger partial charge in [0.05, 0.1) is 17.7 Å². The summed E-state index contributed by atoms with van der Waals surface area (Å²) in [4.78, 5) is 34.0. The topological polar surface area (TPSA) is 121 Å². The minimum Gasteiger partial charge on any atom is -0.460 e. The van der Waals surface area contributed by atoms with Crippen molar-refractivity contribution in [3.05, 3.63) is 39.1 Å². The van der Waals surface area contributed by atoms with Gasteiger partial charge in [-0.2, -0.15) is 23.3 Å². The molecule has 1 amide bonds. The first kappa shape index (κ1) is 28.0. The molecule has 2 N–H and O–H groups in total. The van der Waals surface area contributed by atoms with Gasteiger partial charge in [-0.25, -0.2) is 9.48 Å². The van der Waals surface area contributed by atoms with Crippen molar-refractivity contribution in [1.82, 2.24) is 9.78 Å². The molecule has 1 heterocycles. The number of benzene rings is 1. The summed E-state index contributed by atoms with van der Waals surface area (Å²) in [6, 6.07) is 2.24. The highest BCUT2D eigenvalue weighted by Crippen LogP contribution is 2.33. The molecule has 0 atom stereocenters. The van der Waals surface area contributed by atoms with E-state index in [0.29, 0.717) is 23.7 Å². The maximum absolute atomic E-state index is 13.3. The molecule has 0 fully saturated rings. The van der Waals surface area contributed by atoms with E-state index in [2.05, 4.69) is 20.0 Å². The lowest BCUT2D eigenvalue weighted by Crippen LogP contribution is -2.27. The van der Waals surface area contributed by atoms with E-state index < -0.39 is 35.0 Å². The van der Waals surface area contributed by atoms with Crippen LogP contribution in [0.5, 0.6) is 5.75 Å². The molecule has 0 aliphatic heterocycles. The number of alkyl halides is 3. The van der Waals surface area contributed by atoms with Crippen LogP contribution in [0.3, 0.4) is 0 Å². The van der Waals surface area contributed by atoms with Crippen molar-refractivity contribution < 1.29 is 32.3 Å². The van der Waals surface area contributed by atoms with Gasteiger partial charge in [-0.15, -0.1) is 0 Å². The summed E-state index contributed by atoms with van der Waals surface area (Å²) in [6.45, 7) is 9.92. The maximum atomic E-state index is 13.3. The van der Waals surface area contributed by atoms with Gasteiger partial charge < -0.3 is 15.3 Å². The van der Waals surface area contributed by atoms with Crippen molar-refractivity contribution in [3.8, 4) is 5.75 Å². The highest BCUT2D eigenvalue weighted by Gasteiger charge is 2.32. The predicted octanol–water partition coefficient (Wildman–Crippen LogP) is 4.02. The summed E-state index contributed by atoms with van der Waals surface area (Å²) in [7, 11) is 0. The molecule has 1 aromatic heterocycles. The van der Waals surface area contributed by atoms with Gasteiger partial charge >= 0.3 is 12.1 Å². The molecule has 0 saturated heterocycles. The van der Waals surface area contributed by atoms with Crippen LogP contribution in [-0.2, 0) is 27.7 Å². The van der Waals surface area contributed by atoms with E-state index in [-0.39, 0.29) is 22.6 Å². The molecule has 0 unspecified atom stereocenters. The number of amides is 1. The number of aromatic nitrogens is 2. The first-order chi connectivity index (χ1) is 16.3. The third-order valence-corrected chi connectivity index (χ3v) is 5.82. The van der Waals surface area contributed by atoms with E-state index >= 15 is 0 Å². The van der Waals surface area contributed by atoms with Gasteiger partial charge in [0.25, 0.3) is 5.91 Å². The molecule has 0 radical (unpaired) electrons. The highest BCUT2D eigenvalue weighted by molar-refractivity contribution is 7.09. The molecule has 1 aromatic carbocycles. The molecule has 35 heavy (non-hydrogen) atoms. The fourth-order valence-corrected chi connectivity index (χ4v) is 3.57. The summed E-state index contributed by atoms with van der Waals surface area (Å²) in [5.74, 6) is -3.00. The van der Waals surface area contributed by atoms with Crippen LogP contribution in [0.25, 0.3) is 0 Å². The second-order valence-corrected chi connectivity index (χ2v) is 9.39. The Morgan fingerprint density at radius 2 is 1.89 bits per heavy atom. The fraction of sp³-hybridized carbons (Fsp3) is 0.500. The Labute approximate surface area is 204 Å². The zero-order valence-corrected chi connectivity index (χ0v) is 20.9. The largest absolute Gasteiger partial charge is 0.460 e. The fourth-order valence-electron chi connectivity index (χ4n) is 2.59. The van der Waals surface area contributed by atoms with Gasteiger partial charge in [-0.3, -0.25) is 4.79 Å². The summed E-state index contributed by atoms with van der Waals surface area (Å²) >= 11 is 1.18. The third-order valence-electron chi connectivity index (χ3n) is 4.45. The number of carbonyl (C=O) groups is 2. The predicted molar refractivity (Wildman–Crippen MR) is 124 cm³/mol. The molecular formula is C22H28F3N5O4S. The van der Waals surface area contributed by atoms with Gasteiger partial charge in [0.2, 0.25) is 10.6 Å². The Bertz CT molecular complexity index is 1160. The average molecular weight is 516 g/mol. The number of hydrogen-bond donors (Lipinski definition) is 1. The Morgan fingerprint density at radius 1 is 1.20 bits per heavy atom. The minimum atomic E-state index is -4.72. The Hall–Kier alpha value is -3.22. The summed E-state index contributed by atoms with van der Waals surface area (Å²) < 4.78 is 46.2. The molecule has 0 aliphatic carbocycles. The van der Waals surface area contributed by atoms with E-state index in [0.717, 1.165) is 18.9 Å². The van der Waals surface area contributed by atoms with Gasteiger partial charge in [-0.1, -0.05) is 50.6 Å². The van der Waals surface area contributed by atoms with E-state index in [9.17, 15) is 22.8 Å². The number of unbranched alkanes of at least 4 members (excludes halogenated alkanes) is 1. The second-order valence-electron chi connectivity index (χ2n) is 8.43. The monoisotopic (exact) mass is 515 g/mol. The summed E-state index contributed by atoms with van der Waals surface area (Å²) in [5, 5.41) is 8.62. The zero-order valence-electron chi connectivity index (χ0n) is 20.1. The van der Waals surface area contributed by atoms with Crippen LogP contribution in [-0.4, -0.2) is 34.1 Å². The second kappa shape index (κ2) is 11.5. The smallest absolute Gasteiger partial charge is 0.416 e. The van der Waals surface area contributed by atoms with Crippen LogP contribution < -0.4 is 15.4 Å². The molecule has 0 spiro atoms. The zero-order chi connectivity index (χ0) is 26.4. The molecule has 9 nitrogen and oxygen atoms in total. The molecule has 0 bridgehead atoms. The lowest BCUT2D eigenvalue weighted by molar-refractivity contribution is -0.137. The van der Waals surface area contributed by atoms with Gasteiger partial charge in [0.15, 0.2) is 5.75 Å². The lowest BCUT2D eigenvalue weighted by atomic mass is 9.98. The minimum absolute atomic E-state index is 0.0292. The Kier molecular flexibility index (Phi) is 9.18. The number of rotatable bonds is 7. The maximum Gasteiger partial charge on any atom is 0.416 e. The van der Waals surface area contributed by atoms with Gasteiger partial charge in [0.1, 0.15) is 5.01 Å². The molecular weight excluding hydrogens is 487 g/mol. The van der Waals surface area contributed by atoms with E-state index in [1.165, 1.54) is 11.3 Å². The first-order valence-electron chi connectivity index (χ1n) is 10.8. The lowest BCUT2D eigenvalue weighted by Gasteiger charge is -2.12. The van der Waals surface area contributed by atoms with Gasteiger partial charge in [0, 0.05) is 12.0 Å². The number of nitrogens with zero attached hydrogens (tertiary/aromatic N) is 4. The normalized spacial score (nSPS) is 13.1. The number of hydrogen-bond acceptors (Lipinski definition) is 7. The van der Waals surface area contributed by atoms with Crippen LogP contribution in [0.15, 0.2) is 28.3 Å². The number of amidine groups is 1. The van der Waals surface area contributed by atoms with Crippen LogP contribution in [0.1, 0.15) is 68.4 Å². The quantitative estimate of drug-likeness (QED) is 0.257. The Morgan fingerprint density at radius 3 is 2.46 bits per heavy atom. The van der Waals surface area contributed by atoms with Crippen molar-refractivity contribution in [1.29, 1.82) is 0 Å². The molecule has 2 rings (SSSR count). The number of oxime groups is 1. The number of aryl methyl sites for hydroxylation is 1. The van der Waals surface area contributed by atoms with Crippen LogP contribution in [0.4, 0.5) is 13.2 Å². The van der Waals surface area contributed by atoms with Crippen molar-refractivity contribution in [2.45, 2.75) is 65.6 Å². The third kappa shape index (κ3) is 7.64. The van der Waals surface area contributed by atoms with Crippen molar-refractivity contribution >= 4 is 29.0 Å². The molecule has 192 valence electrons.